The Morgan fingerprint density at radius 3 is 2.07 bits per heavy atom. The number of rotatable bonds is 3. The van der Waals surface area contributed by atoms with Gasteiger partial charge in [-0.2, -0.15) is 0 Å². The van der Waals surface area contributed by atoms with Crippen molar-refractivity contribution in [2.45, 2.75) is 79.0 Å². The molecule has 0 amide bonds. The highest BCUT2D eigenvalue weighted by atomic mass is 16.3. The first-order chi connectivity index (χ1) is 14.0. The van der Waals surface area contributed by atoms with Gasteiger partial charge in [0.15, 0.2) is 0 Å². The summed E-state index contributed by atoms with van der Waals surface area (Å²) in [5.74, 6) is 0. The fourth-order valence-electron chi connectivity index (χ4n) is 5.01. The predicted octanol–water partition coefficient (Wildman–Crippen LogP) is 5.16. The van der Waals surface area contributed by atoms with E-state index in [1.54, 1.807) is 0 Å². The highest BCUT2D eigenvalue weighted by Gasteiger charge is 2.36. The fourth-order valence-corrected chi connectivity index (χ4v) is 5.01. The normalized spacial score (nSPS) is 21.6. The molecule has 0 aromatic heterocycles. The lowest BCUT2D eigenvalue weighted by Gasteiger charge is -2.35. The highest BCUT2D eigenvalue weighted by Crippen LogP contribution is 2.39. The molecule has 2 aromatic carbocycles. The van der Waals surface area contributed by atoms with E-state index in [1.165, 1.54) is 39.1 Å². The van der Waals surface area contributed by atoms with Crippen LogP contribution in [0.2, 0.25) is 0 Å². The zero-order valence-corrected chi connectivity index (χ0v) is 19.0. The Kier molecular flexibility index (Phi) is 7.02. The number of nitrogens with zero attached hydrogens (tertiary/aromatic N) is 1. The predicted molar refractivity (Wildman–Crippen MR) is 124 cm³/mol. The monoisotopic (exact) mass is 394 g/mol. The van der Waals surface area contributed by atoms with Crippen molar-refractivity contribution in [3.8, 4) is 0 Å². The minimum atomic E-state index is -0.384. The van der Waals surface area contributed by atoms with E-state index in [9.17, 15) is 5.11 Å². The second-order valence-electron chi connectivity index (χ2n) is 8.41. The SMILES string of the molecule is CC.Cc1c(C)c(C)c2c(c1C)CC(NC1CCN(c3ccccc3)CC1)C2O. The molecule has 1 aliphatic carbocycles. The van der Waals surface area contributed by atoms with Crippen LogP contribution in [0.1, 0.15) is 66.2 Å². The minimum absolute atomic E-state index is 0.145. The molecule has 2 aliphatic rings. The molecule has 2 atom stereocenters. The lowest BCUT2D eigenvalue weighted by molar-refractivity contribution is 0.131. The number of benzene rings is 2. The molecule has 1 aliphatic heterocycles. The van der Waals surface area contributed by atoms with Gasteiger partial charge in [-0.1, -0.05) is 32.0 Å². The van der Waals surface area contributed by atoms with Crippen LogP contribution < -0.4 is 10.2 Å². The van der Waals surface area contributed by atoms with Crippen LogP contribution in [0.15, 0.2) is 30.3 Å². The van der Waals surface area contributed by atoms with Crippen molar-refractivity contribution in [1.82, 2.24) is 5.32 Å². The van der Waals surface area contributed by atoms with Gasteiger partial charge >= 0.3 is 0 Å². The Morgan fingerprint density at radius 2 is 1.45 bits per heavy atom. The number of hydrogen-bond donors (Lipinski definition) is 2. The zero-order valence-electron chi connectivity index (χ0n) is 19.0. The van der Waals surface area contributed by atoms with Gasteiger partial charge in [-0.25, -0.2) is 0 Å². The summed E-state index contributed by atoms with van der Waals surface area (Å²) < 4.78 is 0. The molecule has 3 nitrogen and oxygen atoms in total. The van der Waals surface area contributed by atoms with Crippen molar-refractivity contribution < 1.29 is 5.11 Å². The fraction of sp³-hybridized carbons (Fsp3) is 0.538. The van der Waals surface area contributed by atoms with E-state index >= 15 is 0 Å². The molecule has 2 N–H and O–H groups in total. The van der Waals surface area contributed by atoms with Crippen molar-refractivity contribution in [3.05, 3.63) is 63.7 Å². The Balaban J connectivity index is 0.00000117. The van der Waals surface area contributed by atoms with E-state index in [4.69, 9.17) is 0 Å². The third kappa shape index (κ3) is 4.22. The summed E-state index contributed by atoms with van der Waals surface area (Å²) in [6.07, 6.45) is 2.82. The number of piperidine rings is 1. The van der Waals surface area contributed by atoms with Crippen LogP contribution >= 0.6 is 0 Å². The molecule has 1 saturated heterocycles. The van der Waals surface area contributed by atoms with Gasteiger partial charge in [-0.05, 0) is 92.5 Å². The van der Waals surface area contributed by atoms with Gasteiger partial charge in [0, 0.05) is 30.9 Å². The lowest BCUT2D eigenvalue weighted by atomic mass is 9.90. The first-order valence-corrected chi connectivity index (χ1v) is 11.3. The molecule has 0 saturated carbocycles. The molecular weight excluding hydrogens is 356 g/mol. The molecule has 0 radical (unpaired) electrons. The number of fused-ring (bicyclic) bond motifs is 1. The number of aliphatic hydroxyl groups is 1. The molecule has 1 heterocycles. The molecule has 29 heavy (non-hydrogen) atoms. The minimum Gasteiger partial charge on any atom is -0.387 e. The Labute approximate surface area is 177 Å². The summed E-state index contributed by atoms with van der Waals surface area (Å²) in [6.45, 7) is 14.9. The van der Waals surface area contributed by atoms with E-state index < -0.39 is 0 Å². The summed E-state index contributed by atoms with van der Waals surface area (Å²) in [4.78, 5) is 2.47. The van der Waals surface area contributed by atoms with Crippen LogP contribution in [0.5, 0.6) is 0 Å². The molecule has 4 rings (SSSR count). The van der Waals surface area contributed by atoms with Crippen LogP contribution in [0.4, 0.5) is 5.69 Å². The maximum atomic E-state index is 11.0. The van der Waals surface area contributed by atoms with Gasteiger partial charge in [0.2, 0.25) is 0 Å². The summed E-state index contributed by atoms with van der Waals surface area (Å²) in [5.41, 5.74) is 9.26. The van der Waals surface area contributed by atoms with Gasteiger partial charge in [0.05, 0.1) is 6.10 Å². The van der Waals surface area contributed by atoms with Crippen LogP contribution in [-0.4, -0.2) is 30.3 Å². The second-order valence-corrected chi connectivity index (χ2v) is 8.41. The Bertz CT molecular complexity index is 823. The average Bonchev–Trinajstić information content (AvgIpc) is 3.09. The van der Waals surface area contributed by atoms with E-state index in [1.807, 2.05) is 13.8 Å². The molecule has 2 aromatic rings. The van der Waals surface area contributed by atoms with Crippen LogP contribution in [0, 0.1) is 27.7 Å². The third-order valence-corrected chi connectivity index (χ3v) is 7.04. The van der Waals surface area contributed by atoms with E-state index in [0.29, 0.717) is 6.04 Å². The maximum absolute atomic E-state index is 11.0. The van der Waals surface area contributed by atoms with Crippen molar-refractivity contribution in [2.24, 2.45) is 0 Å². The average molecular weight is 395 g/mol. The molecule has 0 spiro atoms. The van der Waals surface area contributed by atoms with Gasteiger partial charge < -0.3 is 15.3 Å². The zero-order chi connectivity index (χ0) is 21.1. The molecule has 158 valence electrons. The first-order valence-electron chi connectivity index (χ1n) is 11.3. The maximum Gasteiger partial charge on any atom is 0.0951 e. The molecule has 1 fully saturated rings. The second kappa shape index (κ2) is 9.32. The standard InChI is InChI=1S/C24H32N2O.C2H6/c1-15-16(2)18(4)23-21(17(15)3)14-22(24(23)27)25-19-10-12-26(13-11-19)20-8-6-5-7-9-20;1-2/h5-9,19,22,24-25,27H,10-14H2,1-4H3;1-2H3. The quantitative estimate of drug-likeness (QED) is 0.754. The Morgan fingerprint density at radius 1 is 0.862 bits per heavy atom. The van der Waals surface area contributed by atoms with Crippen LogP contribution in [-0.2, 0) is 6.42 Å². The van der Waals surface area contributed by atoms with Crippen molar-refractivity contribution in [1.29, 1.82) is 0 Å². The lowest BCUT2D eigenvalue weighted by Crippen LogP contribution is -2.47. The highest BCUT2D eigenvalue weighted by molar-refractivity contribution is 5.54. The van der Waals surface area contributed by atoms with E-state index in [0.717, 1.165) is 32.4 Å². The summed E-state index contributed by atoms with van der Waals surface area (Å²) in [5, 5.41) is 14.9. The van der Waals surface area contributed by atoms with Gasteiger partial charge in [0.1, 0.15) is 0 Å². The summed E-state index contributed by atoms with van der Waals surface area (Å²) in [7, 11) is 0. The number of nitrogens with one attached hydrogen (secondary N) is 1. The number of para-hydroxylation sites is 1. The summed E-state index contributed by atoms with van der Waals surface area (Å²) in [6, 6.07) is 11.3. The molecular formula is C26H38N2O. The van der Waals surface area contributed by atoms with Crippen LogP contribution in [0.3, 0.4) is 0 Å². The number of aliphatic hydroxyl groups excluding tert-OH is 1. The van der Waals surface area contributed by atoms with E-state index in [-0.39, 0.29) is 12.1 Å². The topological polar surface area (TPSA) is 35.5 Å². The molecule has 0 bridgehead atoms. The van der Waals surface area contributed by atoms with E-state index in [2.05, 4.69) is 68.2 Å². The molecule has 2 unspecified atom stereocenters. The number of hydrogen-bond acceptors (Lipinski definition) is 3. The summed E-state index contributed by atoms with van der Waals surface area (Å²) >= 11 is 0. The van der Waals surface area contributed by atoms with Gasteiger partial charge in [-0.15, -0.1) is 0 Å². The molecule has 3 heteroatoms. The van der Waals surface area contributed by atoms with Crippen molar-refractivity contribution in [3.63, 3.8) is 0 Å². The van der Waals surface area contributed by atoms with Crippen molar-refractivity contribution >= 4 is 5.69 Å². The van der Waals surface area contributed by atoms with Crippen molar-refractivity contribution in [2.75, 3.05) is 18.0 Å². The smallest absolute Gasteiger partial charge is 0.0951 e. The largest absolute Gasteiger partial charge is 0.387 e. The van der Waals surface area contributed by atoms with Gasteiger partial charge in [-0.3, -0.25) is 0 Å². The number of anilines is 1. The first kappa shape index (κ1) is 21.9. The Hall–Kier alpha value is -1.84. The third-order valence-electron chi connectivity index (χ3n) is 7.04. The van der Waals surface area contributed by atoms with Gasteiger partial charge in [0.25, 0.3) is 0 Å². The van der Waals surface area contributed by atoms with Crippen LogP contribution in [0.25, 0.3) is 0 Å².